The van der Waals surface area contributed by atoms with E-state index in [2.05, 4.69) is 0 Å². The Kier molecular flexibility index (Phi) is 3.79. The highest BCUT2D eigenvalue weighted by Gasteiger charge is 2.36. The SMILES string of the molecule is COc1cccc(CC(=O)N2CC(C(F)F)C2)c1. The number of likely N-dealkylation sites (tertiary alicyclic amines) is 1. The predicted molar refractivity (Wildman–Crippen MR) is 62.8 cm³/mol. The summed E-state index contributed by atoms with van der Waals surface area (Å²) in [4.78, 5) is 13.3. The number of amides is 1. The van der Waals surface area contributed by atoms with E-state index in [9.17, 15) is 13.6 Å². The van der Waals surface area contributed by atoms with Crippen molar-refractivity contribution in [3.05, 3.63) is 29.8 Å². The first kappa shape index (κ1) is 12.8. The van der Waals surface area contributed by atoms with Gasteiger partial charge in [-0.15, -0.1) is 0 Å². The number of ether oxygens (including phenoxy) is 1. The van der Waals surface area contributed by atoms with Crippen molar-refractivity contribution in [2.75, 3.05) is 20.2 Å². The maximum Gasteiger partial charge on any atom is 0.244 e. The molecular weight excluding hydrogens is 240 g/mol. The molecule has 1 heterocycles. The van der Waals surface area contributed by atoms with Gasteiger partial charge in [0.2, 0.25) is 12.3 Å². The molecule has 0 saturated carbocycles. The highest BCUT2D eigenvalue weighted by atomic mass is 19.3. The molecule has 1 saturated heterocycles. The molecule has 2 rings (SSSR count). The number of carbonyl (C=O) groups excluding carboxylic acids is 1. The van der Waals surface area contributed by atoms with Crippen LogP contribution < -0.4 is 4.74 Å². The van der Waals surface area contributed by atoms with Gasteiger partial charge in [0.05, 0.1) is 19.4 Å². The highest BCUT2D eigenvalue weighted by molar-refractivity contribution is 5.79. The molecule has 0 spiro atoms. The van der Waals surface area contributed by atoms with Crippen molar-refractivity contribution < 1.29 is 18.3 Å². The van der Waals surface area contributed by atoms with Crippen molar-refractivity contribution in [2.24, 2.45) is 5.92 Å². The standard InChI is InChI=1S/C13H15F2NO2/c1-18-11-4-2-3-9(5-11)6-12(17)16-7-10(8-16)13(14)15/h2-5,10,13H,6-8H2,1H3. The van der Waals surface area contributed by atoms with Crippen LogP contribution in [-0.2, 0) is 11.2 Å². The minimum absolute atomic E-state index is 0.111. The molecule has 1 amide bonds. The quantitative estimate of drug-likeness (QED) is 0.823. The van der Waals surface area contributed by atoms with E-state index in [0.717, 1.165) is 5.56 Å². The van der Waals surface area contributed by atoms with E-state index >= 15 is 0 Å². The summed E-state index contributed by atoms with van der Waals surface area (Å²) in [6.45, 7) is 0.334. The van der Waals surface area contributed by atoms with Crippen molar-refractivity contribution in [1.82, 2.24) is 4.90 Å². The van der Waals surface area contributed by atoms with Gasteiger partial charge in [-0.25, -0.2) is 8.78 Å². The average molecular weight is 255 g/mol. The Balaban J connectivity index is 1.88. The van der Waals surface area contributed by atoms with E-state index in [1.54, 1.807) is 25.3 Å². The molecule has 0 radical (unpaired) electrons. The molecule has 1 aliphatic rings. The summed E-state index contributed by atoms with van der Waals surface area (Å²) >= 11 is 0. The summed E-state index contributed by atoms with van der Waals surface area (Å²) in [5.74, 6) is -0.0752. The second-order valence-corrected chi connectivity index (χ2v) is 4.42. The van der Waals surface area contributed by atoms with Crippen LogP contribution in [0.1, 0.15) is 5.56 Å². The fourth-order valence-electron chi connectivity index (χ4n) is 1.94. The van der Waals surface area contributed by atoms with E-state index in [4.69, 9.17) is 4.74 Å². The lowest BCUT2D eigenvalue weighted by Crippen LogP contribution is -2.53. The fraction of sp³-hybridized carbons (Fsp3) is 0.462. The van der Waals surface area contributed by atoms with Crippen molar-refractivity contribution in [1.29, 1.82) is 0 Å². The second kappa shape index (κ2) is 5.33. The molecule has 0 aromatic heterocycles. The van der Waals surface area contributed by atoms with E-state index in [1.165, 1.54) is 4.90 Å². The van der Waals surface area contributed by atoms with Gasteiger partial charge in [-0.3, -0.25) is 4.79 Å². The van der Waals surface area contributed by atoms with Crippen LogP contribution in [0.15, 0.2) is 24.3 Å². The molecule has 0 N–H and O–H groups in total. The number of benzene rings is 1. The summed E-state index contributed by atoms with van der Waals surface area (Å²) < 4.78 is 29.6. The van der Waals surface area contributed by atoms with Gasteiger partial charge in [0.1, 0.15) is 5.75 Å². The van der Waals surface area contributed by atoms with Crippen LogP contribution in [-0.4, -0.2) is 37.4 Å². The maximum atomic E-state index is 12.3. The molecule has 5 heteroatoms. The maximum absolute atomic E-state index is 12.3. The molecular formula is C13H15F2NO2. The van der Waals surface area contributed by atoms with Crippen LogP contribution in [0.5, 0.6) is 5.75 Å². The van der Waals surface area contributed by atoms with Gasteiger partial charge < -0.3 is 9.64 Å². The van der Waals surface area contributed by atoms with Crippen molar-refractivity contribution >= 4 is 5.91 Å². The van der Waals surface area contributed by atoms with E-state index in [0.29, 0.717) is 5.75 Å². The first-order valence-corrected chi connectivity index (χ1v) is 5.79. The van der Waals surface area contributed by atoms with E-state index in [-0.39, 0.29) is 25.4 Å². The van der Waals surface area contributed by atoms with Crippen LogP contribution in [0, 0.1) is 5.92 Å². The molecule has 0 unspecified atom stereocenters. The Morgan fingerprint density at radius 1 is 1.50 bits per heavy atom. The average Bonchev–Trinajstić information content (AvgIpc) is 2.26. The van der Waals surface area contributed by atoms with Crippen LogP contribution in [0.4, 0.5) is 8.78 Å². The Hall–Kier alpha value is -1.65. The third-order valence-electron chi connectivity index (χ3n) is 3.11. The molecule has 0 atom stereocenters. The Morgan fingerprint density at radius 2 is 2.22 bits per heavy atom. The van der Waals surface area contributed by atoms with Crippen LogP contribution in [0.25, 0.3) is 0 Å². The summed E-state index contributed by atoms with van der Waals surface area (Å²) in [5.41, 5.74) is 0.833. The minimum atomic E-state index is -2.33. The lowest BCUT2D eigenvalue weighted by atomic mass is 9.99. The highest BCUT2D eigenvalue weighted by Crippen LogP contribution is 2.23. The molecule has 1 aromatic carbocycles. The van der Waals surface area contributed by atoms with Gasteiger partial charge in [0.15, 0.2) is 0 Å². The zero-order chi connectivity index (χ0) is 13.1. The molecule has 0 aliphatic carbocycles. The number of alkyl halides is 2. The molecule has 3 nitrogen and oxygen atoms in total. The topological polar surface area (TPSA) is 29.5 Å². The number of rotatable bonds is 4. The van der Waals surface area contributed by atoms with E-state index < -0.39 is 12.3 Å². The third kappa shape index (κ3) is 2.78. The van der Waals surface area contributed by atoms with Crippen molar-refractivity contribution in [3.63, 3.8) is 0 Å². The lowest BCUT2D eigenvalue weighted by molar-refractivity contribution is -0.140. The number of carbonyl (C=O) groups is 1. The number of methoxy groups -OCH3 is 1. The van der Waals surface area contributed by atoms with Gasteiger partial charge in [-0.2, -0.15) is 0 Å². The summed E-state index contributed by atoms with van der Waals surface area (Å²) in [5, 5.41) is 0. The molecule has 18 heavy (non-hydrogen) atoms. The second-order valence-electron chi connectivity index (χ2n) is 4.42. The Labute approximate surface area is 104 Å². The Morgan fingerprint density at radius 3 is 2.83 bits per heavy atom. The molecule has 98 valence electrons. The smallest absolute Gasteiger partial charge is 0.244 e. The molecule has 1 aliphatic heterocycles. The number of nitrogens with zero attached hydrogens (tertiary/aromatic N) is 1. The van der Waals surface area contributed by atoms with Crippen LogP contribution >= 0.6 is 0 Å². The van der Waals surface area contributed by atoms with Gasteiger partial charge >= 0.3 is 0 Å². The van der Waals surface area contributed by atoms with Crippen molar-refractivity contribution in [2.45, 2.75) is 12.8 Å². The first-order valence-electron chi connectivity index (χ1n) is 5.79. The summed E-state index contributed by atoms with van der Waals surface area (Å²) in [6.07, 6.45) is -2.10. The van der Waals surface area contributed by atoms with Gasteiger partial charge in [-0.1, -0.05) is 12.1 Å². The molecule has 1 aromatic rings. The largest absolute Gasteiger partial charge is 0.497 e. The predicted octanol–water partition coefficient (Wildman–Crippen LogP) is 1.96. The number of hydrogen-bond acceptors (Lipinski definition) is 2. The minimum Gasteiger partial charge on any atom is -0.497 e. The zero-order valence-electron chi connectivity index (χ0n) is 10.1. The normalized spacial score (nSPS) is 15.7. The van der Waals surface area contributed by atoms with Gasteiger partial charge in [-0.05, 0) is 17.7 Å². The zero-order valence-corrected chi connectivity index (χ0v) is 10.1. The first-order chi connectivity index (χ1) is 8.60. The van der Waals surface area contributed by atoms with Gasteiger partial charge in [0, 0.05) is 13.1 Å². The monoisotopic (exact) mass is 255 g/mol. The Bertz CT molecular complexity index is 431. The third-order valence-corrected chi connectivity index (χ3v) is 3.11. The number of halogens is 2. The van der Waals surface area contributed by atoms with Gasteiger partial charge in [0.25, 0.3) is 0 Å². The molecule has 0 bridgehead atoms. The number of hydrogen-bond donors (Lipinski definition) is 0. The summed E-state index contributed by atoms with van der Waals surface area (Å²) in [7, 11) is 1.56. The summed E-state index contributed by atoms with van der Waals surface area (Å²) in [6, 6.07) is 7.21. The van der Waals surface area contributed by atoms with E-state index in [1.807, 2.05) is 6.07 Å². The van der Waals surface area contributed by atoms with Crippen LogP contribution in [0.2, 0.25) is 0 Å². The van der Waals surface area contributed by atoms with Crippen LogP contribution in [0.3, 0.4) is 0 Å². The molecule has 1 fully saturated rings. The lowest BCUT2D eigenvalue weighted by Gasteiger charge is -2.38. The fourth-order valence-corrected chi connectivity index (χ4v) is 1.94. The van der Waals surface area contributed by atoms with Crippen molar-refractivity contribution in [3.8, 4) is 5.75 Å².